The molecule has 0 fully saturated rings. The normalized spacial score (nSPS) is 13.8. The lowest BCUT2D eigenvalue weighted by Crippen LogP contribution is -2.18. The van der Waals surface area contributed by atoms with Crippen LogP contribution in [0.15, 0.2) is 78.4 Å². The molecule has 3 aromatic carbocycles. The SMILES string of the molecule is O=C1C=C(Cc2ccccc2)C(=O)c2cc3ccccc3cc21. The van der Waals surface area contributed by atoms with E-state index in [9.17, 15) is 9.59 Å². The Morgan fingerprint density at radius 2 is 1.30 bits per heavy atom. The monoisotopic (exact) mass is 298 g/mol. The molecule has 0 aliphatic heterocycles. The van der Waals surface area contributed by atoms with Gasteiger partial charge in [-0.2, -0.15) is 0 Å². The summed E-state index contributed by atoms with van der Waals surface area (Å²) >= 11 is 0. The van der Waals surface area contributed by atoms with Crippen LogP contribution >= 0.6 is 0 Å². The van der Waals surface area contributed by atoms with Crippen LogP contribution in [0.3, 0.4) is 0 Å². The molecule has 23 heavy (non-hydrogen) atoms. The molecule has 0 atom stereocenters. The molecule has 2 nitrogen and oxygen atoms in total. The number of fused-ring (bicyclic) bond motifs is 2. The molecule has 0 unspecified atom stereocenters. The molecule has 0 N–H and O–H groups in total. The average Bonchev–Trinajstić information content (AvgIpc) is 2.59. The van der Waals surface area contributed by atoms with Crippen molar-refractivity contribution in [1.29, 1.82) is 0 Å². The van der Waals surface area contributed by atoms with Crippen molar-refractivity contribution >= 4 is 22.3 Å². The van der Waals surface area contributed by atoms with E-state index in [0.29, 0.717) is 23.1 Å². The van der Waals surface area contributed by atoms with E-state index < -0.39 is 0 Å². The van der Waals surface area contributed by atoms with E-state index in [1.807, 2.05) is 66.7 Å². The van der Waals surface area contributed by atoms with Gasteiger partial charge in [-0.3, -0.25) is 9.59 Å². The fraction of sp³-hybridized carbons (Fsp3) is 0.0476. The second-order valence-electron chi connectivity index (χ2n) is 5.77. The third kappa shape index (κ3) is 2.38. The maximum absolute atomic E-state index is 12.8. The predicted octanol–water partition coefficient (Wildman–Crippen LogP) is 4.39. The largest absolute Gasteiger partial charge is 0.289 e. The van der Waals surface area contributed by atoms with Crippen molar-refractivity contribution in [3.8, 4) is 0 Å². The number of Topliss-reactive ketones (excluding diaryl/α,β-unsaturated/α-hetero) is 1. The van der Waals surface area contributed by atoms with E-state index in [2.05, 4.69) is 0 Å². The zero-order chi connectivity index (χ0) is 15.8. The van der Waals surface area contributed by atoms with Gasteiger partial charge in [0, 0.05) is 23.1 Å². The Morgan fingerprint density at radius 3 is 2.00 bits per heavy atom. The zero-order valence-corrected chi connectivity index (χ0v) is 12.5. The maximum atomic E-state index is 12.8. The van der Waals surface area contributed by atoms with Gasteiger partial charge < -0.3 is 0 Å². The first-order valence-corrected chi connectivity index (χ1v) is 7.59. The fourth-order valence-electron chi connectivity index (χ4n) is 3.05. The first-order chi connectivity index (χ1) is 11.2. The van der Waals surface area contributed by atoms with Crippen LogP contribution in [0.5, 0.6) is 0 Å². The summed E-state index contributed by atoms with van der Waals surface area (Å²) in [5.41, 5.74) is 2.61. The number of ketones is 2. The quantitative estimate of drug-likeness (QED) is 0.703. The molecule has 0 saturated carbocycles. The fourth-order valence-corrected chi connectivity index (χ4v) is 3.05. The molecule has 0 amide bonds. The number of carbonyl (C=O) groups is 2. The molecule has 0 spiro atoms. The number of hydrogen-bond acceptors (Lipinski definition) is 2. The summed E-state index contributed by atoms with van der Waals surface area (Å²) in [6.45, 7) is 0. The zero-order valence-electron chi connectivity index (χ0n) is 12.5. The molecule has 0 heterocycles. The summed E-state index contributed by atoms with van der Waals surface area (Å²) in [4.78, 5) is 25.2. The van der Waals surface area contributed by atoms with Gasteiger partial charge in [-0.05, 0) is 34.5 Å². The lowest BCUT2D eigenvalue weighted by molar-refractivity contribution is 0.0982. The van der Waals surface area contributed by atoms with Crippen molar-refractivity contribution in [3.63, 3.8) is 0 Å². The molecular weight excluding hydrogens is 284 g/mol. The highest BCUT2D eigenvalue weighted by molar-refractivity contribution is 6.26. The van der Waals surface area contributed by atoms with Crippen molar-refractivity contribution in [3.05, 3.63) is 95.1 Å². The molecule has 2 heteroatoms. The molecule has 3 aromatic rings. The number of carbonyl (C=O) groups excluding carboxylic acids is 2. The summed E-state index contributed by atoms with van der Waals surface area (Å²) in [7, 11) is 0. The van der Waals surface area contributed by atoms with Gasteiger partial charge in [-0.15, -0.1) is 0 Å². The molecule has 110 valence electrons. The lowest BCUT2D eigenvalue weighted by atomic mass is 9.85. The average molecular weight is 298 g/mol. The van der Waals surface area contributed by atoms with Crippen LogP contribution < -0.4 is 0 Å². The number of allylic oxidation sites excluding steroid dienone is 2. The Bertz CT molecular complexity index is 966. The molecule has 4 rings (SSSR count). The van der Waals surface area contributed by atoms with Gasteiger partial charge >= 0.3 is 0 Å². The van der Waals surface area contributed by atoms with Crippen molar-refractivity contribution < 1.29 is 9.59 Å². The van der Waals surface area contributed by atoms with Gasteiger partial charge in [0.15, 0.2) is 11.6 Å². The second kappa shape index (κ2) is 5.33. The minimum absolute atomic E-state index is 0.0470. The van der Waals surface area contributed by atoms with Gasteiger partial charge in [-0.25, -0.2) is 0 Å². The molecule has 1 aliphatic rings. The Hall–Kier alpha value is -3.00. The maximum Gasteiger partial charge on any atom is 0.190 e. The van der Waals surface area contributed by atoms with Crippen LogP contribution in [-0.2, 0) is 6.42 Å². The van der Waals surface area contributed by atoms with E-state index in [1.165, 1.54) is 6.08 Å². The summed E-state index contributed by atoms with van der Waals surface area (Å²) in [6.07, 6.45) is 1.98. The van der Waals surface area contributed by atoms with Crippen LogP contribution in [0.2, 0.25) is 0 Å². The van der Waals surface area contributed by atoms with Crippen LogP contribution in [-0.4, -0.2) is 11.6 Å². The van der Waals surface area contributed by atoms with E-state index in [0.717, 1.165) is 16.3 Å². The summed E-state index contributed by atoms with van der Waals surface area (Å²) in [5, 5.41) is 1.96. The van der Waals surface area contributed by atoms with Gasteiger partial charge in [0.1, 0.15) is 0 Å². The van der Waals surface area contributed by atoms with E-state index in [-0.39, 0.29) is 11.6 Å². The summed E-state index contributed by atoms with van der Waals surface area (Å²) < 4.78 is 0. The van der Waals surface area contributed by atoms with Gasteiger partial charge in [0.2, 0.25) is 0 Å². The van der Waals surface area contributed by atoms with Crippen molar-refractivity contribution in [2.24, 2.45) is 0 Å². The Kier molecular flexibility index (Phi) is 3.16. The van der Waals surface area contributed by atoms with Crippen LogP contribution in [0.1, 0.15) is 26.3 Å². The van der Waals surface area contributed by atoms with Gasteiger partial charge in [-0.1, -0.05) is 54.6 Å². The van der Waals surface area contributed by atoms with Crippen LogP contribution in [0, 0.1) is 0 Å². The lowest BCUT2D eigenvalue weighted by Gasteiger charge is -2.16. The topological polar surface area (TPSA) is 34.1 Å². The molecule has 0 bridgehead atoms. The second-order valence-corrected chi connectivity index (χ2v) is 5.77. The predicted molar refractivity (Wildman–Crippen MR) is 90.8 cm³/mol. The molecule has 0 aromatic heterocycles. The molecule has 0 radical (unpaired) electrons. The third-order valence-electron chi connectivity index (χ3n) is 4.23. The first-order valence-electron chi connectivity index (χ1n) is 7.59. The number of hydrogen-bond donors (Lipinski definition) is 0. The smallest absolute Gasteiger partial charge is 0.190 e. The summed E-state index contributed by atoms with van der Waals surface area (Å²) in [6, 6.07) is 21.2. The standard InChI is InChI=1S/C21H14O2/c22-20-13-17(10-14-6-2-1-3-7-14)21(23)19-12-16-9-5-4-8-15(16)11-18(19)20/h1-9,11-13H,10H2. The van der Waals surface area contributed by atoms with E-state index >= 15 is 0 Å². The van der Waals surface area contributed by atoms with Crippen molar-refractivity contribution in [2.45, 2.75) is 6.42 Å². The van der Waals surface area contributed by atoms with E-state index in [4.69, 9.17) is 0 Å². The number of rotatable bonds is 2. The first kappa shape index (κ1) is 13.6. The molecule has 0 saturated heterocycles. The van der Waals surface area contributed by atoms with Gasteiger partial charge in [0.25, 0.3) is 0 Å². The van der Waals surface area contributed by atoms with E-state index in [1.54, 1.807) is 0 Å². The Labute approximate surface area is 134 Å². The minimum Gasteiger partial charge on any atom is -0.289 e. The van der Waals surface area contributed by atoms with Crippen molar-refractivity contribution in [2.75, 3.05) is 0 Å². The Balaban J connectivity index is 1.79. The highest BCUT2D eigenvalue weighted by Crippen LogP contribution is 2.28. The third-order valence-corrected chi connectivity index (χ3v) is 4.23. The van der Waals surface area contributed by atoms with Crippen LogP contribution in [0.4, 0.5) is 0 Å². The summed E-state index contributed by atoms with van der Waals surface area (Å²) in [5.74, 6) is -0.134. The van der Waals surface area contributed by atoms with Gasteiger partial charge in [0.05, 0.1) is 0 Å². The highest BCUT2D eigenvalue weighted by atomic mass is 16.1. The Morgan fingerprint density at radius 1 is 0.696 bits per heavy atom. The number of benzene rings is 3. The molecular formula is C21H14O2. The van der Waals surface area contributed by atoms with Crippen molar-refractivity contribution in [1.82, 2.24) is 0 Å². The molecule has 1 aliphatic carbocycles. The minimum atomic E-state index is -0.0868. The highest BCUT2D eigenvalue weighted by Gasteiger charge is 2.25. The van der Waals surface area contributed by atoms with Crippen LogP contribution in [0.25, 0.3) is 10.8 Å².